The SMILES string of the molecule is Br.CC1CN2C(C3(c4ccc(Cl)c(Cl)c4)CCC3)=CSC2=N1. The highest BCUT2D eigenvalue weighted by Crippen LogP contribution is 2.54. The van der Waals surface area contributed by atoms with E-state index < -0.39 is 0 Å². The Labute approximate surface area is 155 Å². The fourth-order valence-corrected chi connectivity index (χ4v) is 4.91. The van der Waals surface area contributed by atoms with Crippen molar-refractivity contribution in [3.63, 3.8) is 0 Å². The van der Waals surface area contributed by atoms with Crippen molar-refractivity contribution in [2.24, 2.45) is 4.99 Å². The maximum Gasteiger partial charge on any atom is 0.168 e. The Balaban J connectivity index is 0.00000144. The summed E-state index contributed by atoms with van der Waals surface area (Å²) in [6.07, 6.45) is 3.61. The fourth-order valence-electron chi connectivity index (χ4n) is 3.50. The van der Waals surface area contributed by atoms with Crippen molar-refractivity contribution in [3.05, 3.63) is 44.9 Å². The van der Waals surface area contributed by atoms with Gasteiger partial charge in [-0.3, -0.25) is 4.99 Å². The maximum absolute atomic E-state index is 6.25. The number of fused-ring (bicyclic) bond motifs is 1. The minimum absolute atomic E-state index is 0. The normalized spacial score (nSPS) is 25.0. The van der Waals surface area contributed by atoms with Crippen LogP contribution in [0.4, 0.5) is 0 Å². The predicted molar refractivity (Wildman–Crippen MR) is 102 cm³/mol. The molecule has 6 heteroatoms. The third kappa shape index (κ3) is 2.43. The second kappa shape index (κ2) is 6.04. The van der Waals surface area contributed by atoms with E-state index in [9.17, 15) is 0 Å². The Bertz CT molecular complexity index is 670. The molecule has 1 saturated carbocycles. The van der Waals surface area contributed by atoms with Crippen molar-refractivity contribution in [1.29, 1.82) is 0 Å². The molecule has 2 nitrogen and oxygen atoms in total. The Morgan fingerprint density at radius 3 is 2.68 bits per heavy atom. The number of benzene rings is 1. The van der Waals surface area contributed by atoms with E-state index in [2.05, 4.69) is 23.3 Å². The van der Waals surface area contributed by atoms with Crippen molar-refractivity contribution < 1.29 is 0 Å². The molecule has 0 saturated heterocycles. The smallest absolute Gasteiger partial charge is 0.168 e. The first-order valence-electron chi connectivity index (χ1n) is 7.28. The highest BCUT2D eigenvalue weighted by Gasteiger charge is 2.48. The summed E-state index contributed by atoms with van der Waals surface area (Å²) >= 11 is 14.1. The van der Waals surface area contributed by atoms with Crippen LogP contribution in [-0.2, 0) is 5.41 Å². The van der Waals surface area contributed by atoms with Gasteiger partial charge in [0, 0.05) is 17.7 Å². The van der Waals surface area contributed by atoms with Gasteiger partial charge in [0.2, 0.25) is 0 Å². The van der Waals surface area contributed by atoms with E-state index in [1.165, 1.54) is 30.5 Å². The summed E-state index contributed by atoms with van der Waals surface area (Å²) < 4.78 is 0. The van der Waals surface area contributed by atoms with Crippen LogP contribution in [0.1, 0.15) is 31.7 Å². The number of aliphatic imine (C=N–C) groups is 1. The summed E-state index contributed by atoms with van der Waals surface area (Å²) in [7, 11) is 0. The van der Waals surface area contributed by atoms with Crippen molar-refractivity contribution in [2.45, 2.75) is 37.6 Å². The first kappa shape index (κ1) is 16.7. The van der Waals surface area contributed by atoms with Gasteiger partial charge in [0.1, 0.15) is 0 Å². The summed E-state index contributed by atoms with van der Waals surface area (Å²) in [6, 6.07) is 6.49. The molecule has 0 bridgehead atoms. The molecule has 4 rings (SSSR count). The Kier molecular flexibility index (Phi) is 4.59. The first-order valence-corrected chi connectivity index (χ1v) is 8.92. The number of halogens is 3. The van der Waals surface area contributed by atoms with Crippen LogP contribution in [0, 0.1) is 0 Å². The van der Waals surface area contributed by atoms with Crippen LogP contribution in [0.5, 0.6) is 0 Å². The summed E-state index contributed by atoms with van der Waals surface area (Å²) in [5.41, 5.74) is 2.79. The molecule has 22 heavy (non-hydrogen) atoms. The van der Waals surface area contributed by atoms with E-state index in [1.54, 1.807) is 11.8 Å². The molecule has 0 spiro atoms. The van der Waals surface area contributed by atoms with Crippen LogP contribution >= 0.6 is 51.9 Å². The molecule has 3 aliphatic rings. The number of hydrogen-bond donors (Lipinski definition) is 0. The summed E-state index contributed by atoms with van der Waals surface area (Å²) in [5.74, 6) is 0. The molecule has 0 aromatic heterocycles. The van der Waals surface area contributed by atoms with E-state index >= 15 is 0 Å². The molecular weight excluding hydrogens is 403 g/mol. The molecule has 1 aromatic carbocycles. The van der Waals surface area contributed by atoms with Crippen molar-refractivity contribution >= 4 is 57.1 Å². The average Bonchev–Trinajstić information content (AvgIpc) is 2.93. The number of rotatable bonds is 2. The van der Waals surface area contributed by atoms with Gasteiger partial charge in [-0.25, -0.2) is 0 Å². The highest BCUT2D eigenvalue weighted by atomic mass is 79.9. The van der Waals surface area contributed by atoms with Crippen molar-refractivity contribution in [3.8, 4) is 0 Å². The number of amidine groups is 1. The van der Waals surface area contributed by atoms with Crippen molar-refractivity contribution in [2.75, 3.05) is 6.54 Å². The lowest BCUT2D eigenvalue weighted by atomic mass is 9.62. The van der Waals surface area contributed by atoms with Gasteiger partial charge in [0.15, 0.2) is 5.17 Å². The topological polar surface area (TPSA) is 15.6 Å². The monoisotopic (exact) mass is 418 g/mol. The van der Waals surface area contributed by atoms with Gasteiger partial charge in [0.25, 0.3) is 0 Å². The van der Waals surface area contributed by atoms with Crippen LogP contribution in [0.2, 0.25) is 10.0 Å². The lowest BCUT2D eigenvalue weighted by Crippen LogP contribution is -2.43. The van der Waals surface area contributed by atoms with E-state index in [4.69, 9.17) is 28.2 Å². The van der Waals surface area contributed by atoms with Gasteiger partial charge in [-0.1, -0.05) is 47.5 Å². The number of allylic oxidation sites excluding steroid dienone is 1. The molecule has 1 aliphatic carbocycles. The van der Waals surface area contributed by atoms with Gasteiger partial charge in [-0.2, -0.15) is 0 Å². The zero-order valence-electron chi connectivity index (χ0n) is 12.2. The quantitative estimate of drug-likeness (QED) is 0.616. The number of nitrogens with zero attached hydrogens (tertiary/aromatic N) is 2. The molecular formula is C16H17BrCl2N2S. The van der Waals surface area contributed by atoms with Crippen molar-refractivity contribution in [1.82, 2.24) is 4.90 Å². The minimum atomic E-state index is 0. The molecule has 1 aromatic rings. The van der Waals surface area contributed by atoms with Gasteiger partial charge >= 0.3 is 0 Å². The zero-order chi connectivity index (χ0) is 14.6. The highest BCUT2D eigenvalue weighted by molar-refractivity contribution is 8.93. The van der Waals surface area contributed by atoms with Gasteiger partial charge < -0.3 is 4.90 Å². The molecule has 2 aliphatic heterocycles. The Morgan fingerprint density at radius 2 is 2.05 bits per heavy atom. The predicted octanol–water partition coefficient (Wildman–Crippen LogP) is 5.64. The largest absolute Gasteiger partial charge is 0.321 e. The van der Waals surface area contributed by atoms with Crippen LogP contribution in [-0.4, -0.2) is 22.7 Å². The van der Waals surface area contributed by atoms with Crippen LogP contribution in [0.3, 0.4) is 0 Å². The number of thioether (sulfide) groups is 1. The third-order valence-electron chi connectivity index (χ3n) is 4.74. The maximum atomic E-state index is 6.25. The lowest BCUT2D eigenvalue weighted by Gasteiger charge is -2.46. The second-order valence-corrected chi connectivity index (χ2v) is 7.71. The molecule has 0 amide bonds. The summed E-state index contributed by atoms with van der Waals surface area (Å²) in [6.45, 7) is 3.17. The van der Waals surface area contributed by atoms with E-state index in [0.717, 1.165) is 11.7 Å². The minimum Gasteiger partial charge on any atom is -0.321 e. The molecule has 0 N–H and O–H groups in total. The van der Waals surface area contributed by atoms with Crippen LogP contribution < -0.4 is 0 Å². The molecule has 1 fully saturated rings. The fraction of sp³-hybridized carbons (Fsp3) is 0.438. The lowest BCUT2D eigenvalue weighted by molar-refractivity contribution is 0.250. The van der Waals surface area contributed by atoms with E-state index in [0.29, 0.717) is 16.1 Å². The average molecular weight is 420 g/mol. The van der Waals surface area contributed by atoms with Crippen LogP contribution in [0.15, 0.2) is 34.3 Å². The van der Waals surface area contributed by atoms with E-state index in [-0.39, 0.29) is 22.4 Å². The molecule has 2 heterocycles. The van der Waals surface area contributed by atoms with Gasteiger partial charge in [0.05, 0.1) is 16.1 Å². The first-order chi connectivity index (χ1) is 10.1. The molecule has 0 radical (unpaired) electrons. The van der Waals surface area contributed by atoms with Crippen LogP contribution in [0.25, 0.3) is 0 Å². The zero-order valence-corrected chi connectivity index (χ0v) is 16.2. The van der Waals surface area contributed by atoms with Gasteiger partial charge in [-0.15, -0.1) is 17.0 Å². The summed E-state index contributed by atoms with van der Waals surface area (Å²) in [4.78, 5) is 7.10. The molecule has 1 unspecified atom stereocenters. The standard InChI is InChI=1S/C16H16Cl2N2S.BrH/c1-10-8-20-14(9-21-15(20)19-10)16(5-2-6-16)11-3-4-12(17)13(18)7-11;/h3-4,7,9-10H,2,5-6,8H2,1H3;1H. The third-order valence-corrected chi connectivity index (χ3v) is 6.36. The van der Waals surface area contributed by atoms with Gasteiger partial charge in [-0.05, 0) is 42.9 Å². The van der Waals surface area contributed by atoms with E-state index in [1.807, 2.05) is 12.1 Å². The number of hydrogen-bond acceptors (Lipinski definition) is 3. The molecule has 118 valence electrons. The second-order valence-electron chi connectivity index (χ2n) is 6.06. The Morgan fingerprint density at radius 1 is 1.27 bits per heavy atom. The molecule has 1 atom stereocenters. The summed E-state index contributed by atoms with van der Waals surface area (Å²) in [5, 5.41) is 4.72. The Hall–Kier alpha value is -0.160.